The minimum absolute atomic E-state index is 0. The summed E-state index contributed by atoms with van der Waals surface area (Å²) < 4.78 is 0. The molecule has 1 N–H and O–H groups in total. The van der Waals surface area contributed by atoms with Crippen molar-refractivity contribution in [2.24, 2.45) is 4.99 Å². The summed E-state index contributed by atoms with van der Waals surface area (Å²) in [5.41, 5.74) is 2.42. The molecule has 2 aromatic rings. The topological polar surface area (TPSA) is 47.0 Å². The Hall–Kier alpha value is -1.39. The Labute approximate surface area is 196 Å². The zero-order valence-electron chi connectivity index (χ0n) is 17.8. The normalized spacial score (nSPS) is 16.3. The molecule has 29 heavy (non-hydrogen) atoms. The van der Waals surface area contributed by atoms with Crippen LogP contribution < -0.4 is 10.2 Å². The van der Waals surface area contributed by atoms with Gasteiger partial charge in [0.1, 0.15) is 0 Å². The number of piperazine rings is 1. The molecule has 0 aliphatic carbocycles. The minimum Gasteiger partial charge on any atom is -0.369 e. The number of hydrogen-bond acceptors (Lipinski definition) is 5. The lowest BCUT2D eigenvalue weighted by atomic mass is 10.2. The van der Waals surface area contributed by atoms with Crippen LogP contribution in [0.15, 0.2) is 40.7 Å². The second kappa shape index (κ2) is 11.7. The van der Waals surface area contributed by atoms with Gasteiger partial charge < -0.3 is 15.1 Å². The van der Waals surface area contributed by atoms with E-state index < -0.39 is 0 Å². The van der Waals surface area contributed by atoms with E-state index in [9.17, 15) is 0 Å². The van der Waals surface area contributed by atoms with E-state index in [1.165, 1.54) is 5.69 Å². The third-order valence-electron chi connectivity index (χ3n) is 5.25. The number of aromatic nitrogens is 1. The maximum atomic E-state index is 4.55. The van der Waals surface area contributed by atoms with Crippen LogP contribution in [0.3, 0.4) is 0 Å². The molecule has 1 unspecified atom stereocenters. The first kappa shape index (κ1) is 23.9. The molecule has 0 spiro atoms. The number of guanidine groups is 1. The molecule has 3 rings (SSSR count). The average Bonchev–Trinajstić information content (AvgIpc) is 3.13. The molecule has 1 fully saturated rings. The van der Waals surface area contributed by atoms with Crippen molar-refractivity contribution in [2.45, 2.75) is 26.4 Å². The first-order valence-corrected chi connectivity index (χ1v) is 10.8. The quantitative estimate of drug-likeness (QED) is 0.355. The van der Waals surface area contributed by atoms with Gasteiger partial charge in [0.05, 0.1) is 17.2 Å². The Morgan fingerprint density at radius 1 is 1.24 bits per heavy atom. The van der Waals surface area contributed by atoms with Crippen molar-refractivity contribution in [3.63, 3.8) is 0 Å². The Bertz CT molecular complexity index is 758. The summed E-state index contributed by atoms with van der Waals surface area (Å²) in [5, 5.41) is 6.76. The lowest BCUT2D eigenvalue weighted by Gasteiger charge is -2.39. The van der Waals surface area contributed by atoms with Crippen molar-refractivity contribution in [1.29, 1.82) is 0 Å². The third-order valence-corrected chi connectivity index (χ3v) is 6.08. The van der Waals surface area contributed by atoms with Crippen molar-refractivity contribution < 1.29 is 0 Å². The van der Waals surface area contributed by atoms with Gasteiger partial charge in [0.25, 0.3) is 0 Å². The smallest absolute Gasteiger partial charge is 0.193 e. The zero-order chi connectivity index (χ0) is 19.9. The van der Waals surface area contributed by atoms with E-state index in [0.717, 1.165) is 55.9 Å². The summed E-state index contributed by atoms with van der Waals surface area (Å²) in [5.74, 6) is 0.917. The molecule has 1 aromatic heterocycles. The van der Waals surface area contributed by atoms with E-state index in [1.807, 2.05) is 14.0 Å². The highest BCUT2D eigenvalue weighted by Crippen LogP contribution is 2.16. The Morgan fingerprint density at radius 3 is 2.52 bits per heavy atom. The molecule has 1 aliphatic heterocycles. The van der Waals surface area contributed by atoms with Crippen LogP contribution in [0.2, 0.25) is 0 Å². The number of anilines is 1. The van der Waals surface area contributed by atoms with E-state index in [2.05, 4.69) is 79.7 Å². The molecule has 0 saturated carbocycles. The molecule has 1 atom stereocenters. The molecule has 0 radical (unpaired) electrons. The van der Waals surface area contributed by atoms with Crippen molar-refractivity contribution in [3.05, 3.63) is 46.4 Å². The highest BCUT2D eigenvalue weighted by molar-refractivity contribution is 14.0. The monoisotopic (exact) mass is 528 g/mol. The summed E-state index contributed by atoms with van der Waals surface area (Å²) in [7, 11) is 3.90. The zero-order valence-corrected chi connectivity index (χ0v) is 21.0. The number of nitrogens with zero attached hydrogens (tertiary/aromatic N) is 5. The number of hydrogen-bond donors (Lipinski definition) is 1. The second-order valence-electron chi connectivity index (χ2n) is 7.35. The number of thiazole rings is 1. The maximum Gasteiger partial charge on any atom is 0.193 e. The fourth-order valence-electron chi connectivity index (χ4n) is 3.61. The molecule has 8 heteroatoms. The van der Waals surface area contributed by atoms with Gasteiger partial charge >= 0.3 is 0 Å². The number of benzene rings is 1. The number of aliphatic imine (C=N–C) groups is 1. The number of aryl methyl sites for hydroxylation is 1. The fraction of sp³-hybridized carbons (Fsp3) is 0.524. The SMILES string of the molecule is CN=C(NCC(C)N1CCN(c2ccccc2)CC1)N(C)Cc1csc(C)n1.I. The predicted octanol–water partition coefficient (Wildman–Crippen LogP) is 3.29. The summed E-state index contributed by atoms with van der Waals surface area (Å²) in [6, 6.07) is 11.2. The van der Waals surface area contributed by atoms with Gasteiger partial charge in [0.2, 0.25) is 0 Å². The van der Waals surface area contributed by atoms with Crippen LogP contribution in [0, 0.1) is 6.92 Å². The molecule has 0 bridgehead atoms. The standard InChI is InChI=1S/C21H32N6S.HI/c1-17(26-10-12-27(13-11-26)20-8-6-5-7-9-20)14-23-21(22-3)25(4)15-19-16-28-18(2)24-19;/h5-9,16-17H,10-15H2,1-4H3,(H,22,23);1H. The molecule has 1 aliphatic rings. The third kappa shape index (κ3) is 6.82. The van der Waals surface area contributed by atoms with Gasteiger partial charge in [0, 0.05) is 63.9 Å². The van der Waals surface area contributed by atoms with Crippen molar-refractivity contribution in [2.75, 3.05) is 51.7 Å². The molecule has 2 heterocycles. The Balaban J connectivity index is 0.00000300. The van der Waals surface area contributed by atoms with Gasteiger partial charge in [-0.1, -0.05) is 18.2 Å². The van der Waals surface area contributed by atoms with E-state index in [0.29, 0.717) is 6.04 Å². The van der Waals surface area contributed by atoms with Crippen LogP contribution in [0.25, 0.3) is 0 Å². The average molecular weight is 529 g/mol. The maximum absolute atomic E-state index is 4.55. The van der Waals surface area contributed by atoms with E-state index in [4.69, 9.17) is 0 Å². The van der Waals surface area contributed by atoms with Crippen LogP contribution >= 0.6 is 35.3 Å². The Morgan fingerprint density at radius 2 is 1.93 bits per heavy atom. The molecule has 160 valence electrons. The van der Waals surface area contributed by atoms with Crippen LogP contribution in [-0.2, 0) is 6.54 Å². The van der Waals surface area contributed by atoms with Gasteiger partial charge in [-0.2, -0.15) is 0 Å². The summed E-state index contributed by atoms with van der Waals surface area (Å²) in [6.45, 7) is 10.3. The number of nitrogens with one attached hydrogen (secondary N) is 1. The second-order valence-corrected chi connectivity index (χ2v) is 8.41. The molecule has 1 saturated heterocycles. The van der Waals surface area contributed by atoms with E-state index >= 15 is 0 Å². The van der Waals surface area contributed by atoms with Crippen molar-refractivity contribution in [3.8, 4) is 0 Å². The van der Waals surface area contributed by atoms with E-state index in [1.54, 1.807) is 11.3 Å². The molecule has 1 aromatic carbocycles. The Kier molecular flexibility index (Phi) is 9.64. The molecular weight excluding hydrogens is 495 g/mol. The number of halogens is 1. The number of para-hydroxylation sites is 1. The highest BCUT2D eigenvalue weighted by atomic mass is 127. The fourth-order valence-corrected chi connectivity index (χ4v) is 4.22. The van der Waals surface area contributed by atoms with Gasteiger partial charge in [-0.05, 0) is 26.0 Å². The van der Waals surface area contributed by atoms with Crippen molar-refractivity contribution >= 4 is 47.0 Å². The molecular formula is C21H33IN6S. The summed E-state index contributed by atoms with van der Waals surface area (Å²) >= 11 is 1.69. The molecule has 0 amide bonds. The summed E-state index contributed by atoms with van der Waals surface area (Å²) in [6.07, 6.45) is 0. The largest absolute Gasteiger partial charge is 0.369 e. The van der Waals surface area contributed by atoms with Gasteiger partial charge in [-0.15, -0.1) is 35.3 Å². The predicted molar refractivity (Wildman–Crippen MR) is 135 cm³/mol. The van der Waals surface area contributed by atoms with Gasteiger partial charge in [0.15, 0.2) is 5.96 Å². The van der Waals surface area contributed by atoms with E-state index in [-0.39, 0.29) is 24.0 Å². The summed E-state index contributed by atoms with van der Waals surface area (Å²) in [4.78, 5) is 16.2. The van der Waals surface area contributed by atoms with Gasteiger partial charge in [-0.3, -0.25) is 9.89 Å². The van der Waals surface area contributed by atoms with Gasteiger partial charge in [-0.25, -0.2) is 4.98 Å². The minimum atomic E-state index is 0. The van der Waals surface area contributed by atoms with Crippen molar-refractivity contribution in [1.82, 2.24) is 20.1 Å². The van der Waals surface area contributed by atoms with Crippen LogP contribution in [0.5, 0.6) is 0 Å². The highest BCUT2D eigenvalue weighted by Gasteiger charge is 2.21. The lowest BCUT2D eigenvalue weighted by Crippen LogP contribution is -2.53. The van der Waals surface area contributed by atoms with Crippen LogP contribution in [-0.4, -0.2) is 73.6 Å². The first-order valence-electron chi connectivity index (χ1n) is 9.93. The number of rotatable bonds is 6. The first-order chi connectivity index (χ1) is 13.6. The van der Waals surface area contributed by atoms with Crippen LogP contribution in [0.1, 0.15) is 17.6 Å². The lowest BCUT2D eigenvalue weighted by molar-refractivity contribution is 0.196. The van der Waals surface area contributed by atoms with Crippen LogP contribution in [0.4, 0.5) is 5.69 Å². The molecule has 6 nitrogen and oxygen atoms in total.